The molecule has 1 amide bonds. The van der Waals surface area contributed by atoms with Gasteiger partial charge in [-0.25, -0.2) is 4.98 Å². The third kappa shape index (κ3) is 5.50. The molecule has 2 heterocycles. The normalized spacial score (nSPS) is 14.8. The van der Waals surface area contributed by atoms with Gasteiger partial charge >= 0.3 is 0 Å². The topological polar surface area (TPSA) is 36.4 Å². The first-order chi connectivity index (χ1) is 14.7. The number of amides is 1. The van der Waals surface area contributed by atoms with Crippen LogP contribution < -0.4 is 0 Å². The van der Waals surface area contributed by atoms with Gasteiger partial charge in [0.15, 0.2) is 0 Å². The zero-order valence-corrected chi connectivity index (χ0v) is 18.9. The van der Waals surface area contributed by atoms with Crippen LogP contribution in [0.4, 0.5) is 0 Å². The van der Waals surface area contributed by atoms with Crippen molar-refractivity contribution >= 4 is 29.0 Å². The van der Waals surface area contributed by atoms with Crippen LogP contribution in [-0.2, 0) is 12.2 Å². The van der Waals surface area contributed by atoms with Crippen LogP contribution in [-0.4, -0.2) is 53.4 Å². The van der Waals surface area contributed by atoms with Crippen LogP contribution in [0.3, 0.4) is 0 Å². The largest absolute Gasteiger partial charge is 0.336 e. The Bertz CT molecular complexity index is 965. The van der Waals surface area contributed by atoms with Crippen molar-refractivity contribution in [2.75, 3.05) is 32.7 Å². The molecular weight excluding hydrogens is 410 g/mol. The summed E-state index contributed by atoms with van der Waals surface area (Å²) in [5.41, 5.74) is 4.35. The smallest absolute Gasteiger partial charge is 0.254 e. The van der Waals surface area contributed by atoms with Gasteiger partial charge in [0.05, 0.1) is 0 Å². The molecule has 3 aromatic rings. The molecule has 0 radical (unpaired) electrons. The lowest BCUT2D eigenvalue weighted by atomic mass is 10.1. The number of rotatable bonds is 7. The van der Waals surface area contributed by atoms with E-state index in [4.69, 9.17) is 0 Å². The number of piperazine rings is 1. The molecule has 2 aromatic carbocycles. The molecule has 156 valence electrons. The van der Waals surface area contributed by atoms with Gasteiger partial charge in [0.1, 0.15) is 4.34 Å². The quantitative estimate of drug-likeness (QED) is 0.500. The molecule has 1 aliphatic rings. The molecule has 0 unspecified atom stereocenters. The molecule has 30 heavy (non-hydrogen) atoms. The molecule has 4 rings (SSSR count). The van der Waals surface area contributed by atoms with E-state index >= 15 is 0 Å². The monoisotopic (exact) mass is 437 g/mol. The maximum atomic E-state index is 13.2. The molecule has 1 fully saturated rings. The Morgan fingerprint density at radius 3 is 2.50 bits per heavy atom. The molecule has 4 nitrogen and oxygen atoms in total. The lowest BCUT2D eigenvalue weighted by Gasteiger charge is -2.35. The van der Waals surface area contributed by atoms with Gasteiger partial charge in [-0.05, 0) is 30.5 Å². The van der Waals surface area contributed by atoms with Gasteiger partial charge in [-0.15, -0.1) is 11.3 Å². The van der Waals surface area contributed by atoms with Crippen molar-refractivity contribution in [1.82, 2.24) is 14.8 Å². The highest BCUT2D eigenvalue weighted by atomic mass is 32.2. The van der Waals surface area contributed by atoms with Crippen molar-refractivity contribution in [2.45, 2.75) is 23.4 Å². The highest BCUT2D eigenvalue weighted by Crippen LogP contribution is 2.27. The number of aryl methyl sites for hydroxylation is 1. The van der Waals surface area contributed by atoms with E-state index in [1.165, 1.54) is 5.56 Å². The van der Waals surface area contributed by atoms with Gasteiger partial charge < -0.3 is 4.90 Å². The van der Waals surface area contributed by atoms with Crippen LogP contribution in [0.15, 0.2) is 64.3 Å². The third-order valence-corrected chi connectivity index (χ3v) is 7.60. The second-order valence-electron chi connectivity index (χ2n) is 7.57. The summed E-state index contributed by atoms with van der Waals surface area (Å²) in [5.74, 6) is 0.926. The second-order valence-corrected chi connectivity index (χ2v) is 9.65. The average molecular weight is 438 g/mol. The number of nitrogens with zero attached hydrogens (tertiary/aromatic N) is 3. The lowest BCUT2D eigenvalue weighted by Crippen LogP contribution is -2.49. The first-order valence-electron chi connectivity index (χ1n) is 10.4. The molecule has 6 heteroatoms. The van der Waals surface area contributed by atoms with Crippen molar-refractivity contribution in [3.63, 3.8) is 0 Å². The molecule has 0 bridgehead atoms. The lowest BCUT2D eigenvalue weighted by molar-refractivity contribution is 0.0637. The van der Waals surface area contributed by atoms with Crippen molar-refractivity contribution in [1.29, 1.82) is 0 Å². The third-order valence-electron chi connectivity index (χ3n) is 5.42. The van der Waals surface area contributed by atoms with Gasteiger partial charge in [-0.3, -0.25) is 9.69 Å². The van der Waals surface area contributed by atoms with Gasteiger partial charge in [-0.1, -0.05) is 60.3 Å². The van der Waals surface area contributed by atoms with E-state index in [2.05, 4.69) is 51.7 Å². The van der Waals surface area contributed by atoms with Crippen molar-refractivity contribution in [2.24, 2.45) is 0 Å². The van der Waals surface area contributed by atoms with Crippen molar-refractivity contribution in [3.8, 4) is 0 Å². The van der Waals surface area contributed by atoms with E-state index < -0.39 is 0 Å². The number of carbonyl (C=O) groups excluding carboxylic acids is 1. The fourth-order valence-electron chi connectivity index (χ4n) is 3.67. The van der Waals surface area contributed by atoms with Gasteiger partial charge in [0, 0.05) is 55.1 Å². The molecule has 1 saturated heterocycles. The number of hydrogen-bond donors (Lipinski definition) is 0. The number of hydrogen-bond acceptors (Lipinski definition) is 5. The van der Waals surface area contributed by atoms with Crippen LogP contribution in [0.5, 0.6) is 0 Å². The zero-order valence-electron chi connectivity index (χ0n) is 17.3. The second kappa shape index (κ2) is 10.2. The van der Waals surface area contributed by atoms with Crippen LogP contribution in [0.25, 0.3) is 0 Å². The SMILES string of the molecule is Cc1csc(SCc2ccccc2C(=O)N2CCN(CCc3ccccc3)CC2)n1. The average Bonchev–Trinajstić information content (AvgIpc) is 3.22. The van der Waals surface area contributed by atoms with Gasteiger partial charge in [-0.2, -0.15) is 0 Å². The first-order valence-corrected chi connectivity index (χ1v) is 12.2. The van der Waals surface area contributed by atoms with E-state index in [1.807, 2.05) is 30.0 Å². The van der Waals surface area contributed by atoms with Crippen LogP contribution >= 0.6 is 23.1 Å². The Morgan fingerprint density at radius 2 is 1.77 bits per heavy atom. The fraction of sp³-hybridized carbons (Fsp3) is 0.333. The van der Waals surface area contributed by atoms with Crippen LogP contribution in [0.1, 0.15) is 27.2 Å². The summed E-state index contributed by atoms with van der Waals surface area (Å²) in [6, 6.07) is 18.6. The van der Waals surface area contributed by atoms with E-state index in [9.17, 15) is 4.79 Å². The molecule has 1 aliphatic heterocycles. The van der Waals surface area contributed by atoms with Crippen molar-refractivity contribution < 1.29 is 4.79 Å². The summed E-state index contributed by atoms with van der Waals surface area (Å²) in [5, 5.41) is 2.07. The zero-order chi connectivity index (χ0) is 20.8. The molecule has 1 aromatic heterocycles. The van der Waals surface area contributed by atoms with Crippen molar-refractivity contribution in [3.05, 3.63) is 82.4 Å². The Balaban J connectivity index is 1.31. The van der Waals surface area contributed by atoms with Crippen LogP contribution in [0, 0.1) is 6.92 Å². The maximum Gasteiger partial charge on any atom is 0.254 e. The predicted octanol–water partition coefficient (Wildman–Crippen LogP) is 4.74. The highest BCUT2D eigenvalue weighted by Gasteiger charge is 2.23. The number of thiazole rings is 1. The highest BCUT2D eigenvalue weighted by molar-refractivity contribution is 8.00. The van der Waals surface area contributed by atoms with E-state index in [1.54, 1.807) is 23.1 Å². The van der Waals surface area contributed by atoms with Gasteiger partial charge in [0.2, 0.25) is 0 Å². The Morgan fingerprint density at radius 1 is 1.03 bits per heavy atom. The summed E-state index contributed by atoms with van der Waals surface area (Å²) in [7, 11) is 0. The maximum absolute atomic E-state index is 13.2. The van der Waals surface area contributed by atoms with Gasteiger partial charge in [0.25, 0.3) is 5.91 Å². The van der Waals surface area contributed by atoms with Crippen LogP contribution in [0.2, 0.25) is 0 Å². The van der Waals surface area contributed by atoms with E-state index in [0.29, 0.717) is 0 Å². The summed E-state index contributed by atoms with van der Waals surface area (Å²) >= 11 is 3.37. The number of benzene rings is 2. The minimum atomic E-state index is 0.157. The van der Waals surface area contributed by atoms with E-state index in [0.717, 1.165) is 66.1 Å². The molecule has 0 spiro atoms. The molecular formula is C24H27N3OS2. The minimum Gasteiger partial charge on any atom is -0.336 e. The fourth-order valence-corrected chi connectivity index (χ4v) is 5.52. The number of thioether (sulfide) groups is 1. The standard InChI is InChI=1S/C24H27N3OS2/c1-19-17-29-24(25-19)30-18-21-9-5-6-10-22(21)23(28)27-15-13-26(14-16-27)12-11-20-7-3-2-4-8-20/h2-10,17H,11-16,18H2,1H3. The molecule has 0 atom stereocenters. The summed E-state index contributed by atoms with van der Waals surface area (Å²) < 4.78 is 1.06. The number of carbonyl (C=O) groups is 1. The minimum absolute atomic E-state index is 0.157. The summed E-state index contributed by atoms with van der Waals surface area (Å²) in [4.78, 5) is 22.2. The van der Waals surface area contributed by atoms with E-state index in [-0.39, 0.29) is 5.91 Å². The Labute approximate surface area is 186 Å². The molecule has 0 aliphatic carbocycles. The molecule has 0 saturated carbocycles. The summed E-state index contributed by atoms with van der Waals surface area (Å²) in [6.45, 7) is 6.52. The Kier molecular flexibility index (Phi) is 7.20. The summed E-state index contributed by atoms with van der Waals surface area (Å²) in [6.07, 6.45) is 1.06. The first kappa shape index (κ1) is 21.1. The number of aromatic nitrogens is 1. The Hall–Kier alpha value is -2.15. The predicted molar refractivity (Wildman–Crippen MR) is 125 cm³/mol. The molecule has 0 N–H and O–H groups in total.